The number of aliphatic carboxylic acids is 1. The van der Waals surface area contributed by atoms with Crippen LogP contribution in [0.5, 0.6) is 0 Å². The molecule has 0 aromatic heterocycles. The van der Waals surface area contributed by atoms with Crippen molar-refractivity contribution in [3.63, 3.8) is 0 Å². The number of amides is 2. The SMILES string of the molecule is CCC[C@@H](NC(=O)/C(=C\c1cccc(Br)c1)NC(=O)c1ccc(C)cc1)C(=O)O. The quantitative estimate of drug-likeness (QED) is 0.522. The molecule has 2 aromatic rings. The van der Waals surface area contributed by atoms with E-state index in [-0.39, 0.29) is 12.1 Å². The standard InChI is InChI=1S/C22H23BrN2O4/c1-3-5-18(22(28)29)24-21(27)19(13-15-6-4-7-17(23)12-15)25-20(26)16-10-8-14(2)9-11-16/h4,6-13,18H,3,5H2,1-2H3,(H,24,27)(H,25,26)(H,28,29)/b19-13+/t18-/m1/s1. The van der Waals surface area contributed by atoms with Gasteiger partial charge in [-0.25, -0.2) is 4.79 Å². The Morgan fingerprint density at radius 1 is 1.14 bits per heavy atom. The van der Waals surface area contributed by atoms with Gasteiger partial charge in [0.05, 0.1) is 0 Å². The molecule has 152 valence electrons. The van der Waals surface area contributed by atoms with Crippen LogP contribution in [0, 0.1) is 6.92 Å². The van der Waals surface area contributed by atoms with Crippen LogP contribution in [0.4, 0.5) is 0 Å². The van der Waals surface area contributed by atoms with Gasteiger partial charge in [-0.15, -0.1) is 0 Å². The molecule has 3 N–H and O–H groups in total. The molecule has 6 nitrogen and oxygen atoms in total. The first-order valence-corrected chi connectivity index (χ1v) is 9.98. The second kappa shape index (κ2) is 10.6. The van der Waals surface area contributed by atoms with Crippen LogP contribution in [0.2, 0.25) is 0 Å². The number of carbonyl (C=O) groups excluding carboxylic acids is 2. The van der Waals surface area contributed by atoms with Crippen LogP contribution >= 0.6 is 15.9 Å². The van der Waals surface area contributed by atoms with Crippen molar-refractivity contribution in [3.05, 3.63) is 75.4 Å². The van der Waals surface area contributed by atoms with Crippen molar-refractivity contribution in [3.8, 4) is 0 Å². The zero-order valence-electron chi connectivity index (χ0n) is 16.2. The summed E-state index contributed by atoms with van der Waals surface area (Å²) in [6.45, 7) is 3.74. The van der Waals surface area contributed by atoms with Crippen LogP contribution in [-0.2, 0) is 9.59 Å². The van der Waals surface area contributed by atoms with Gasteiger partial charge in [0.2, 0.25) is 0 Å². The molecule has 0 unspecified atom stereocenters. The van der Waals surface area contributed by atoms with Crippen molar-refractivity contribution in [1.82, 2.24) is 10.6 Å². The summed E-state index contributed by atoms with van der Waals surface area (Å²) in [7, 11) is 0. The third-order valence-corrected chi connectivity index (χ3v) is 4.64. The molecule has 0 aliphatic rings. The van der Waals surface area contributed by atoms with Crippen molar-refractivity contribution in [2.24, 2.45) is 0 Å². The second-order valence-electron chi connectivity index (χ2n) is 6.59. The molecule has 2 amide bonds. The Morgan fingerprint density at radius 2 is 1.83 bits per heavy atom. The summed E-state index contributed by atoms with van der Waals surface area (Å²) in [5.74, 6) is -2.23. The topological polar surface area (TPSA) is 95.5 Å². The first-order chi connectivity index (χ1) is 13.8. The summed E-state index contributed by atoms with van der Waals surface area (Å²) in [6, 6.07) is 13.1. The number of carboxylic acids is 1. The largest absolute Gasteiger partial charge is 0.480 e. The molecule has 7 heteroatoms. The van der Waals surface area contributed by atoms with E-state index in [0.717, 1.165) is 10.0 Å². The lowest BCUT2D eigenvalue weighted by Crippen LogP contribution is -2.44. The van der Waals surface area contributed by atoms with Crippen molar-refractivity contribution >= 4 is 39.8 Å². The summed E-state index contributed by atoms with van der Waals surface area (Å²) in [6.07, 6.45) is 2.39. The monoisotopic (exact) mass is 458 g/mol. The van der Waals surface area contributed by atoms with Gasteiger partial charge in [-0.1, -0.05) is 59.1 Å². The minimum absolute atomic E-state index is 0.0315. The second-order valence-corrected chi connectivity index (χ2v) is 7.50. The lowest BCUT2D eigenvalue weighted by atomic mass is 10.1. The molecule has 2 aromatic carbocycles. The van der Waals surface area contributed by atoms with Crippen molar-refractivity contribution in [1.29, 1.82) is 0 Å². The van der Waals surface area contributed by atoms with Crippen LogP contribution in [0.15, 0.2) is 58.7 Å². The van der Waals surface area contributed by atoms with Gasteiger partial charge in [0.1, 0.15) is 11.7 Å². The van der Waals surface area contributed by atoms with E-state index in [9.17, 15) is 19.5 Å². The molecule has 0 radical (unpaired) electrons. The summed E-state index contributed by atoms with van der Waals surface area (Å²) in [5, 5.41) is 14.4. The van der Waals surface area contributed by atoms with E-state index in [1.807, 2.05) is 19.9 Å². The normalized spacial score (nSPS) is 12.2. The van der Waals surface area contributed by atoms with Gasteiger partial charge in [-0.3, -0.25) is 9.59 Å². The van der Waals surface area contributed by atoms with Crippen LogP contribution in [0.1, 0.15) is 41.3 Å². The molecule has 29 heavy (non-hydrogen) atoms. The molecule has 0 heterocycles. The van der Waals surface area contributed by atoms with Crippen molar-refractivity contribution in [2.45, 2.75) is 32.7 Å². The highest BCUT2D eigenvalue weighted by Gasteiger charge is 2.22. The molecule has 0 spiro atoms. The minimum Gasteiger partial charge on any atom is -0.480 e. The highest BCUT2D eigenvalue weighted by atomic mass is 79.9. The maximum Gasteiger partial charge on any atom is 0.326 e. The molecule has 0 saturated carbocycles. The Morgan fingerprint density at radius 3 is 2.41 bits per heavy atom. The molecule has 2 rings (SSSR count). The van der Waals surface area contributed by atoms with E-state index >= 15 is 0 Å². The Bertz CT molecular complexity index is 923. The number of carboxylic acid groups (broad SMARTS) is 1. The number of benzene rings is 2. The molecular weight excluding hydrogens is 436 g/mol. The van der Waals surface area contributed by atoms with Gasteiger partial charge >= 0.3 is 5.97 Å². The summed E-state index contributed by atoms with van der Waals surface area (Å²) in [5.41, 5.74) is 2.05. The smallest absolute Gasteiger partial charge is 0.326 e. The first-order valence-electron chi connectivity index (χ1n) is 9.19. The van der Waals surface area contributed by atoms with Gasteiger partial charge in [0.15, 0.2) is 0 Å². The van der Waals surface area contributed by atoms with Crippen LogP contribution in [0.3, 0.4) is 0 Å². The fourth-order valence-electron chi connectivity index (χ4n) is 2.60. The van der Waals surface area contributed by atoms with Crippen molar-refractivity contribution in [2.75, 3.05) is 0 Å². The number of hydrogen-bond acceptors (Lipinski definition) is 3. The molecule has 1 atom stereocenters. The fourth-order valence-corrected chi connectivity index (χ4v) is 3.02. The minimum atomic E-state index is -1.12. The average Bonchev–Trinajstić information content (AvgIpc) is 2.67. The summed E-state index contributed by atoms with van der Waals surface area (Å²) in [4.78, 5) is 36.8. The highest BCUT2D eigenvalue weighted by molar-refractivity contribution is 9.10. The van der Waals surface area contributed by atoms with Crippen LogP contribution in [-0.4, -0.2) is 28.9 Å². The van der Waals surface area contributed by atoms with Gasteiger partial charge in [-0.05, 0) is 49.2 Å². The molecule has 0 aliphatic heterocycles. The number of aryl methyl sites for hydroxylation is 1. The zero-order chi connectivity index (χ0) is 21.4. The van der Waals surface area contributed by atoms with E-state index in [4.69, 9.17) is 0 Å². The zero-order valence-corrected chi connectivity index (χ0v) is 17.8. The van der Waals surface area contributed by atoms with Crippen LogP contribution in [0.25, 0.3) is 6.08 Å². The number of halogens is 1. The third kappa shape index (κ3) is 6.87. The molecule has 0 saturated heterocycles. The van der Waals surface area contributed by atoms with E-state index in [1.54, 1.807) is 42.5 Å². The third-order valence-electron chi connectivity index (χ3n) is 4.15. The van der Waals surface area contributed by atoms with Gasteiger partial charge < -0.3 is 15.7 Å². The fraction of sp³-hybridized carbons (Fsp3) is 0.227. The van der Waals surface area contributed by atoms with Crippen molar-refractivity contribution < 1.29 is 19.5 Å². The average molecular weight is 459 g/mol. The van der Waals surface area contributed by atoms with E-state index in [0.29, 0.717) is 17.5 Å². The van der Waals surface area contributed by atoms with E-state index < -0.39 is 23.8 Å². The lowest BCUT2D eigenvalue weighted by Gasteiger charge is -2.16. The maximum atomic E-state index is 12.8. The predicted octanol–water partition coefficient (Wildman–Crippen LogP) is 3.90. The van der Waals surface area contributed by atoms with Crippen LogP contribution < -0.4 is 10.6 Å². The van der Waals surface area contributed by atoms with Gasteiger partial charge in [0.25, 0.3) is 11.8 Å². The molecule has 0 aliphatic carbocycles. The Balaban J connectivity index is 2.32. The summed E-state index contributed by atoms with van der Waals surface area (Å²) >= 11 is 3.37. The van der Waals surface area contributed by atoms with E-state index in [1.165, 1.54) is 6.08 Å². The Hall–Kier alpha value is -2.93. The number of carbonyl (C=O) groups is 3. The summed E-state index contributed by atoms with van der Waals surface area (Å²) < 4.78 is 0.810. The predicted molar refractivity (Wildman–Crippen MR) is 115 cm³/mol. The Labute approximate surface area is 178 Å². The molecule has 0 bridgehead atoms. The van der Waals surface area contributed by atoms with Gasteiger partial charge in [-0.2, -0.15) is 0 Å². The number of hydrogen-bond donors (Lipinski definition) is 3. The Kier molecular flexibility index (Phi) is 8.15. The van der Waals surface area contributed by atoms with E-state index in [2.05, 4.69) is 26.6 Å². The number of nitrogens with one attached hydrogen (secondary N) is 2. The highest BCUT2D eigenvalue weighted by Crippen LogP contribution is 2.15. The molecular formula is C22H23BrN2O4. The maximum absolute atomic E-state index is 12.8. The molecule has 0 fully saturated rings. The lowest BCUT2D eigenvalue weighted by molar-refractivity contribution is -0.141. The number of rotatable bonds is 8. The van der Waals surface area contributed by atoms with Gasteiger partial charge in [0, 0.05) is 10.0 Å². The first kappa shape index (κ1) is 22.4.